The summed E-state index contributed by atoms with van der Waals surface area (Å²) in [4.78, 5) is 12.6. The molecule has 1 fully saturated rings. The number of rotatable bonds is 9. The summed E-state index contributed by atoms with van der Waals surface area (Å²) in [5, 5.41) is 2.42. The Balaban J connectivity index is 1.63. The number of carbonyl (C=O) groups excluding carboxylic acids is 1. The number of nitrogens with one attached hydrogen (secondary N) is 1. The quantitative estimate of drug-likeness (QED) is 0.585. The number of hydrogen-bond acceptors (Lipinski definition) is 6. The van der Waals surface area contributed by atoms with E-state index in [-0.39, 0.29) is 22.3 Å². The predicted octanol–water partition coefficient (Wildman–Crippen LogP) is 2.41. The van der Waals surface area contributed by atoms with Crippen molar-refractivity contribution in [2.45, 2.75) is 49.6 Å². The van der Waals surface area contributed by atoms with Crippen LogP contribution in [0.15, 0.2) is 50.8 Å². The summed E-state index contributed by atoms with van der Waals surface area (Å²) in [6, 6.07) is 8.91. The van der Waals surface area contributed by atoms with Crippen LogP contribution in [0.4, 0.5) is 0 Å². The molecule has 1 aliphatic heterocycles. The van der Waals surface area contributed by atoms with Crippen LogP contribution in [0.5, 0.6) is 0 Å². The lowest BCUT2D eigenvalue weighted by Gasteiger charge is -2.24. The lowest BCUT2D eigenvalue weighted by molar-refractivity contribution is 0.0917. The van der Waals surface area contributed by atoms with Crippen LogP contribution in [0.3, 0.4) is 0 Å². The SMILES string of the molecule is CCN(CC)S(=O)(=O)c1ccc(CNC(=O)c2ccc(S(=O)(=O)N3CCCCC3)o2)cc1. The Labute approximate surface area is 189 Å². The molecule has 1 saturated heterocycles. The van der Waals surface area contributed by atoms with Gasteiger partial charge in [-0.05, 0) is 42.7 Å². The van der Waals surface area contributed by atoms with Crippen LogP contribution >= 0.6 is 0 Å². The first-order valence-corrected chi connectivity index (χ1v) is 13.6. The Kier molecular flexibility index (Phi) is 7.75. The van der Waals surface area contributed by atoms with E-state index in [1.165, 1.54) is 32.9 Å². The maximum atomic E-state index is 12.7. The molecule has 0 radical (unpaired) electrons. The van der Waals surface area contributed by atoms with Crippen molar-refractivity contribution in [3.05, 3.63) is 47.7 Å². The molecule has 0 unspecified atom stereocenters. The van der Waals surface area contributed by atoms with Gasteiger partial charge in [-0.2, -0.15) is 8.61 Å². The van der Waals surface area contributed by atoms with Gasteiger partial charge < -0.3 is 9.73 Å². The molecular formula is C21H29N3O6S2. The molecule has 1 aromatic heterocycles. The van der Waals surface area contributed by atoms with E-state index >= 15 is 0 Å². The Bertz CT molecular complexity index is 1130. The van der Waals surface area contributed by atoms with Gasteiger partial charge in [-0.25, -0.2) is 16.8 Å². The monoisotopic (exact) mass is 483 g/mol. The molecule has 1 N–H and O–H groups in total. The van der Waals surface area contributed by atoms with E-state index in [0.717, 1.165) is 19.3 Å². The molecule has 0 bridgehead atoms. The summed E-state index contributed by atoms with van der Waals surface area (Å²) < 4.78 is 58.5. The fourth-order valence-corrected chi connectivity index (χ4v) is 6.46. The number of nitrogens with zero attached hydrogens (tertiary/aromatic N) is 2. The van der Waals surface area contributed by atoms with Gasteiger partial charge in [0, 0.05) is 32.7 Å². The molecule has 1 aromatic carbocycles. The number of hydrogen-bond donors (Lipinski definition) is 1. The molecule has 0 spiro atoms. The van der Waals surface area contributed by atoms with Crippen LogP contribution in [0.25, 0.3) is 0 Å². The van der Waals surface area contributed by atoms with Crippen molar-refractivity contribution in [3.8, 4) is 0 Å². The van der Waals surface area contributed by atoms with Crippen molar-refractivity contribution in [2.75, 3.05) is 26.2 Å². The second-order valence-corrected chi connectivity index (χ2v) is 11.3. The van der Waals surface area contributed by atoms with Crippen LogP contribution in [0.2, 0.25) is 0 Å². The fourth-order valence-electron chi connectivity index (χ4n) is 3.57. The smallest absolute Gasteiger partial charge is 0.287 e. The van der Waals surface area contributed by atoms with Crippen molar-refractivity contribution in [3.63, 3.8) is 0 Å². The first-order valence-electron chi connectivity index (χ1n) is 10.7. The van der Waals surface area contributed by atoms with E-state index in [0.29, 0.717) is 31.7 Å². The third-order valence-electron chi connectivity index (χ3n) is 5.43. The molecule has 32 heavy (non-hydrogen) atoms. The van der Waals surface area contributed by atoms with E-state index in [2.05, 4.69) is 5.32 Å². The minimum absolute atomic E-state index is 0.0960. The van der Waals surface area contributed by atoms with E-state index < -0.39 is 26.0 Å². The van der Waals surface area contributed by atoms with Gasteiger partial charge in [0.1, 0.15) is 0 Å². The van der Waals surface area contributed by atoms with Gasteiger partial charge in [-0.15, -0.1) is 0 Å². The number of sulfonamides is 2. The first kappa shape index (κ1) is 24.4. The van der Waals surface area contributed by atoms with Gasteiger partial charge >= 0.3 is 0 Å². The Hall–Kier alpha value is -2.21. The van der Waals surface area contributed by atoms with Crippen LogP contribution < -0.4 is 5.32 Å². The topological polar surface area (TPSA) is 117 Å². The van der Waals surface area contributed by atoms with Crippen molar-refractivity contribution >= 4 is 26.0 Å². The van der Waals surface area contributed by atoms with Gasteiger partial charge in [-0.3, -0.25) is 4.79 Å². The summed E-state index contributed by atoms with van der Waals surface area (Å²) in [5.74, 6) is -0.647. The van der Waals surface area contributed by atoms with Gasteiger partial charge in [-0.1, -0.05) is 32.4 Å². The lowest BCUT2D eigenvalue weighted by Crippen LogP contribution is -2.35. The Morgan fingerprint density at radius 1 is 0.969 bits per heavy atom. The van der Waals surface area contributed by atoms with E-state index in [4.69, 9.17) is 4.42 Å². The van der Waals surface area contributed by atoms with E-state index in [1.807, 2.05) is 0 Å². The minimum atomic E-state index is -3.75. The Morgan fingerprint density at radius 2 is 1.59 bits per heavy atom. The van der Waals surface area contributed by atoms with Crippen LogP contribution in [-0.2, 0) is 26.6 Å². The lowest BCUT2D eigenvalue weighted by atomic mass is 10.2. The maximum absolute atomic E-state index is 12.7. The number of piperidine rings is 1. The molecule has 11 heteroatoms. The van der Waals surface area contributed by atoms with Gasteiger partial charge in [0.25, 0.3) is 15.9 Å². The highest BCUT2D eigenvalue weighted by Gasteiger charge is 2.29. The van der Waals surface area contributed by atoms with Crippen molar-refractivity contribution in [2.24, 2.45) is 0 Å². The molecular weight excluding hydrogens is 454 g/mol. The summed E-state index contributed by atoms with van der Waals surface area (Å²) >= 11 is 0. The zero-order valence-corrected chi connectivity index (χ0v) is 19.9. The average molecular weight is 484 g/mol. The second kappa shape index (κ2) is 10.2. The molecule has 2 aromatic rings. The number of carbonyl (C=O) groups is 1. The fraction of sp³-hybridized carbons (Fsp3) is 0.476. The molecule has 0 aliphatic carbocycles. The Morgan fingerprint density at radius 3 is 2.19 bits per heavy atom. The summed E-state index contributed by atoms with van der Waals surface area (Å²) in [5.41, 5.74) is 0.699. The predicted molar refractivity (Wildman–Crippen MR) is 119 cm³/mol. The standard InChI is InChI=1S/C21H29N3O6S2/c1-3-23(4-2)31(26,27)18-10-8-17(9-11-18)16-22-21(25)19-12-13-20(30-19)32(28,29)24-14-6-5-7-15-24/h8-13H,3-7,14-16H2,1-2H3,(H,22,25). The van der Waals surface area contributed by atoms with E-state index in [1.54, 1.807) is 26.0 Å². The highest BCUT2D eigenvalue weighted by Crippen LogP contribution is 2.22. The maximum Gasteiger partial charge on any atom is 0.287 e. The third kappa shape index (κ3) is 5.22. The van der Waals surface area contributed by atoms with Crippen molar-refractivity contribution in [1.82, 2.24) is 13.9 Å². The molecule has 0 atom stereocenters. The number of furan rings is 1. The summed E-state index contributed by atoms with van der Waals surface area (Å²) in [7, 11) is -7.29. The number of benzene rings is 1. The van der Waals surface area contributed by atoms with Crippen molar-refractivity contribution in [1.29, 1.82) is 0 Å². The molecule has 0 saturated carbocycles. The molecule has 2 heterocycles. The molecule has 176 valence electrons. The third-order valence-corrected chi connectivity index (χ3v) is 9.27. The average Bonchev–Trinajstić information content (AvgIpc) is 3.30. The zero-order chi connectivity index (χ0) is 23.4. The summed E-state index contributed by atoms with van der Waals surface area (Å²) in [6.07, 6.45) is 2.62. The van der Waals surface area contributed by atoms with Crippen LogP contribution in [0.1, 0.15) is 49.2 Å². The number of amides is 1. The van der Waals surface area contributed by atoms with Crippen LogP contribution in [-0.4, -0.2) is 57.5 Å². The zero-order valence-electron chi connectivity index (χ0n) is 18.3. The second-order valence-electron chi connectivity index (χ2n) is 7.50. The highest BCUT2D eigenvalue weighted by molar-refractivity contribution is 7.89. The molecule has 1 amide bonds. The molecule has 1 aliphatic rings. The van der Waals surface area contributed by atoms with Gasteiger partial charge in [0.05, 0.1) is 4.90 Å². The molecule has 9 nitrogen and oxygen atoms in total. The van der Waals surface area contributed by atoms with Gasteiger partial charge in [0.15, 0.2) is 5.76 Å². The van der Waals surface area contributed by atoms with Crippen LogP contribution in [0, 0.1) is 0 Å². The van der Waals surface area contributed by atoms with Crippen molar-refractivity contribution < 1.29 is 26.0 Å². The normalized spacial score (nSPS) is 15.7. The summed E-state index contributed by atoms with van der Waals surface area (Å²) in [6.45, 7) is 5.37. The highest BCUT2D eigenvalue weighted by atomic mass is 32.2. The minimum Gasteiger partial charge on any atom is -0.438 e. The largest absolute Gasteiger partial charge is 0.438 e. The van der Waals surface area contributed by atoms with Gasteiger partial charge in [0.2, 0.25) is 15.1 Å². The van der Waals surface area contributed by atoms with E-state index in [9.17, 15) is 21.6 Å². The molecule has 3 rings (SSSR count). The first-order chi connectivity index (χ1) is 15.2.